The Balaban J connectivity index is 1.47. The van der Waals surface area contributed by atoms with Gasteiger partial charge in [0.1, 0.15) is 12.2 Å². The van der Waals surface area contributed by atoms with E-state index >= 15 is 0 Å². The second kappa shape index (κ2) is 8.15. The van der Waals surface area contributed by atoms with Gasteiger partial charge in [-0.1, -0.05) is 72.8 Å². The summed E-state index contributed by atoms with van der Waals surface area (Å²) in [6.07, 6.45) is 0. The molecule has 0 bridgehead atoms. The fraction of sp³-hybridized carbons (Fsp3) is 0.120. The number of nitrogens with zero attached hydrogens (tertiary/aromatic N) is 2. The molecule has 0 atom stereocenters. The molecule has 0 amide bonds. The van der Waals surface area contributed by atoms with Gasteiger partial charge in [0.05, 0.1) is 17.1 Å². The lowest BCUT2D eigenvalue weighted by Gasteiger charge is -2.08. The van der Waals surface area contributed by atoms with Gasteiger partial charge in [0.2, 0.25) is 0 Å². The van der Waals surface area contributed by atoms with Crippen molar-refractivity contribution in [3.05, 3.63) is 107 Å². The van der Waals surface area contributed by atoms with Crippen molar-refractivity contribution in [2.45, 2.75) is 20.5 Å². The Labute approximate surface area is 170 Å². The number of aryl methyl sites for hydroxylation is 1. The largest absolute Gasteiger partial charge is 0.457 e. The molecule has 1 heterocycles. The van der Waals surface area contributed by atoms with Crippen molar-refractivity contribution >= 4 is 5.97 Å². The highest BCUT2D eigenvalue weighted by Crippen LogP contribution is 2.21. The molecule has 0 aliphatic rings. The smallest absolute Gasteiger partial charge is 0.342 e. The van der Waals surface area contributed by atoms with Gasteiger partial charge in [-0.15, -0.1) is 0 Å². The minimum absolute atomic E-state index is 0.225. The molecule has 4 heteroatoms. The van der Waals surface area contributed by atoms with Gasteiger partial charge in [-0.2, -0.15) is 5.10 Å². The van der Waals surface area contributed by atoms with E-state index in [0.29, 0.717) is 11.3 Å². The molecule has 4 nitrogen and oxygen atoms in total. The van der Waals surface area contributed by atoms with Crippen LogP contribution in [-0.4, -0.2) is 15.7 Å². The molecule has 0 unspecified atom stereocenters. The summed E-state index contributed by atoms with van der Waals surface area (Å²) in [4.78, 5) is 12.7. The zero-order valence-corrected chi connectivity index (χ0v) is 16.5. The first-order chi connectivity index (χ1) is 14.1. The normalized spacial score (nSPS) is 10.7. The molecule has 4 aromatic rings. The fourth-order valence-corrected chi connectivity index (χ4v) is 3.40. The van der Waals surface area contributed by atoms with E-state index in [1.807, 2.05) is 86.6 Å². The lowest BCUT2D eigenvalue weighted by molar-refractivity contribution is 0.0471. The van der Waals surface area contributed by atoms with Gasteiger partial charge in [-0.25, -0.2) is 9.48 Å². The fourth-order valence-electron chi connectivity index (χ4n) is 3.40. The SMILES string of the molecule is Cc1nn(-c2ccccc2)c(C)c1C(=O)OCc1ccc(-c2ccccc2)cc1. The van der Waals surface area contributed by atoms with Gasteiger partial charge in [-0.3, -0.25) is 0 Å². The molecule has 0 aliphatic heterocycles. The molecule has 0 radical (unpaired) electrons. The Morgan fingerprint density at radius 1 is 0.828 bits per heavy atom. The first-order valence-corrected chi connectivity index (χ1v) is 9.56. The average Bonchev–Trinajstić information content (AvgIpc) is 3.07. The van der Waals surface area contributed by atoms with E-state index < -0.39 is 0 Å². The molecule has 0 N–H and O–H groups in total. The lowest BCUT2D eigenvalue weighted by Crippen LogP contribution is -2.08. The monoisotopic (exact) mass is 382 g/mol. The molecule has 0 spiro atoms. The summed E-state index contributed by atoms with van der Waals surface area (Å²) in [5.74, 6) is -0.352. The van der Waals surface area contributed by atoms with E-state index in [0.717, 1.165) is 28.1 Å². The summed E-state index contributed by atoms with van der Waals surface area (Å²) in [6, 6.07) is 28.0. The van der Waals surface area contributed by atoms with Crippen LogP contribution >= 0.6 is 0 Å². The maximum Gasteiger partial charge on any atom is 0.342 e. The summed E-state index contributed by atoms with van der Waals surface area (Å²) in [5.41, 5.74) is 6.13. The molecule has 3 aromatic carbocycles. The van der Waals surface area contributed by atoms with Gasteiger partial charge in [0, 0.05) is 0 Å². The van der Waals surface area contributed by atoms with Crippen molar-refractivity contribution in [1.29, 1.82) is 0 Å². The van der Waals surface area contributed by atoms with E-state index in [9.17, 15) is 4.79 Å². The van der Waals surface area contributed by atoms with Crippen LogP contribution in [0.5, 0.6) is 0 Å². The zero-order chi connectivity index (χ0) is 20.2. The van der Waals surface area contributed by atoms with Crippen molar-refractivity contribution in [3.63, 3.8) is 0 Å². The molecule has 1 aromatic heterocycles. The standard InChI is InChI=1S/C25H22N2O2/c1-18-24(19(2)27(26-18)23-11-7-4-8-12-23)25(28)29-17-20-13-15-22(16-14-20)21-9-5-3-6-10-21/h3-16H,17H2,1-2H3. The molecule has 0 saturated carbocycles. The number of hydrogen-bond donors (Lipinski definition) is 0. The number of ether oxygens (including phenoxy) is 1. The van der Waals surface area contributed by atoms with Crippen LogP contribution in [-0.2, 0) is 11.3 Å². The van der Waals surface area contributed by atoms with E-state index in [-0.39, 0.29) is 12.6 Å². The molecule has 0 fully saturated rings. The maximum absolute atomic E-state index is 12.7. The van der Waals surface area contributed by atoms with Gasteiger partial charge >= 0.3 is 5.97 Å². The van der Waals surface area contributed by atoms with Gasteiger partial charge in [0.15, 0.2) is 0 Å². The van der Waals surface area contributed by atoms with Gasteiger partial charge in [-0.05, 0) is 42.7 Å². The number of benzene rings is 3. The lowest BCUT2D eigenvalue weighted by atomic mass is 10.0. The van der Waals surface area contributed by atoms with Crippen LogP contribution in [0.15, 0.2) is 84.9 Å². The number of rotatable bonds is 5. The summed E-state index contributed by atoms with van der Waals surface area (Å²) in [7, 11) is 0. The molecule has 0 saturated heterocycles. The number of esters is 1. The minimum atomic E-state index is -0.352. The highest BCUT2D eigenvalue weighted by molar-refractivity contribution is 5.92. The van der Waals surface area contributed by atoms with E-state index in [4.69, 9.17) is 4.74 Å². The molecular weight excluding hydrogens is 360 g/mol. The van der Waals surface area contributed by atoms with Crippen molar-refractivity contribution < 1.29 is 9.53 Å². The Morgan fingerprint density at radius 3 is 2.07 bits per heavy atom. The van der Waals surface area contributed by atoms with Crippen LogP contribution in [0.25, 0.3) is 16.8 Å². The summed E-state index contributed by atoms with van der Waals surface area (Å²) in [6.45, 7) is 3.94. The van der Waals surface area contributed by atoms with E-state index in [2.05, 4.69) is 17.2 Å². The summed E-state index contributed by atoms with van der Waals surface area (Å²) in [5, 5.41) is 4.52. The Morgan fingerprint density at radius 2 is 1.41 bits per heavy atom. The number of hydrogen-bond acceptors (Lipinski definition) is 3. The predicted molar refractivity (Wildman–Crippen MR) is 114 cm³/mol. The van der Waals surface area contributed by atoms with Crippen molar-refractivity contribution in [1.82, 2.24) is 9.78 Å². The first kappa shape index (κ1) is 18.7. The van der Waals surface area contributed by atoms with Crippen LogP contribution < -0.4 is 0 Å². The summed E-state index contributed by atoms with van der Waals surface area (Å²) >= 11 is 0. The van der Waals surface area contributed by atoms with Crippen molar-refractivity contribution in [2.75, 3.05) is 0 Å². The molecule has 144 valence electrons. The number of carbonyl (C=O) groups is 1. The van der Waals surface area contributed by atoms with Crippen LogP contribution in [0.1, 0.15) is 27.3 Å². The van der Waals surface area contributed by atoms with E-state index in [1.165, 1.54) is 0 Å². The Bertz CT molecular complexity index is 1110. The van der Waals surface area contributed by atoms with Gasteiger partial charge in [0.25, 0.3) is 0 Å². The van der Waals surface area contributed by atoms with Crippen molar-refractivity contribution in [3.8, 4) is 16.8 Å². The van der Waals surface area contributed by atoms with Crippen LogP contribution in [0.3, 0.4) is 0 Å². The third-order valence-corrected chi connectivity index (χ3v) is 4.93. The molecule has 29 heavy (non-hydrogen) atoms. The molecule has 4 rings (SSSR count). The summed E-state index contributed by atoms with van der Waals surface area (Å²) < 4.78 is 7.36. The van der Waals surface area contributed by atoms with Crippen LogP contribution in [0.2, 0.25) is 0 Å². The van der Waals surface area contributed by atoms with Crippen molar-refractivity contribution in [2.24, 2.45) is 0 Å². The predicted octanol–water partition coefficient (Wildman–Crippen LogP) is 5.51. The molecular formula is C25H22N2O2. The van der Waals surface area contributed by atoms with Gasteiger partial charge < -0.3 is 4.74 Å². The quantitative estimate of drug-likeness (QED) is 0.427. The minimum Gasteiger partial charge on any atom is -0.457 e. The van der Waals surface area contributed by atoms with Crippen LogP contribution in [0.4, 0.5) is 0 Å². The second-order valence-electron chi connectivity index (χ2n) is 6.93. The highest BCUT2D eigenvalue weighted by atomic mass is 16.5. The Hall–Kier alpha value is -3.66. The van der Waals surface area contributed by atoms with Crippen LogP contribution in [0, 0.1) is 13.8 Å². The third-order valence-electron chi connectivity index (χ3n) is 4.93. The third kappa shape index (κ3) is 3.97. The first-order valence-electron chi connectivity index (χ1n) is 9.56. The topological polar surface area (TPSA) is 44.1 Å². The number of aromatic nitrogens is 2. The zero-order valence-electron chi connectivity index (χ0n) is 16.5. The maximum atomic E-state index is 12.7. The molecule has 0 aliphatic carbocycles. The Kier molecular flexibility index (Phi) is 5.25. The van der Waals surface area contributed by atoms with E-state index in [1.54, 1.807) is 4.68 Å². The highest BCUT2D eigenvalue weighted by Gasteiger charge is 2.20. The average molecular weight is 382 g/mol. The number of carbonyl (C=O) groups excluding carboxylic acids is 1. The second-order valence-corrected chi connectivity index (χ2v) is 6.93. The number of para-hydroxylation sites is 1.